The molecule has 5 heteroatoms. The van der Waals surface area contributed by atoms with Gasteiger partial charge in [0.15, 0.2) is 0 Å². The van der Waals surface area contributed by atoms with E-state index in [0.717, 1.165) is 19.5 Å². The number of likely N-dealkylation sites (N-methyl/N-ethyl adjacent to an activating group) is 1. The zero-order chi connectivity index (χ0) is 13.7. The fourth-order valence-corrected chi connectivity index (χ4v) is 2.30. The van der Waals surface area contributed by atoms with Gasteiger partial charge in [0.25, 0.3) is 0 Å². The molecule has 0 saturated carbocycles. The molecule has 0 saturated heterocycles. The normalized spacial score (nSPS) is 18.2. The van der Waals surface area contributed by atoms with Crippen molar-refractivity contribution in [2.75, 3.05) is 13.1 Å². The predicted molar refractivity (Wildman–Crippen MR) is 64.9 cm³/mol. The average molecular weight is 254 g/mol. The minimum Gasteiger partial charge on any atom is -0.326 e. The number of hydrogen-bond acceptors (Lipinski definition) is 2. The maximum absolute atomic E-state index is 12.2. The van der Waals surface area contributed by atoms with Crippen molar-refractivity contribution in [3.63, 3.8) is 0 Å². The first-order valence-electron chi connectivity index (χ1n) is 6.28. The van der Waals surface area contributed by atoms with Crippen LogP contribution in [0.4, 0.5) is 13.2 Å². The molecular weight excluding hydrogens is 229 g/mol. The third-order valence-electron chi connectivity index (χ3n) is 3.74. The molecule has 2 N–H and O–H groups in total. The molecule has 0 aromatic heterocycles. The van der Waals surface area contributed by atoms with E-state index in [4.69, 9.17) is 5.73 Å². The van der Waals surface area contributed by atoms with Crippen molar-refractivity contribution in [3.8, 4) is 0 Å². The summed E-state index contributed by atoms with van der Waals surface area (Å²) in [7, 11) is 0. The van der Waals surface area contributed by atoms with Gasteiger partial charge in [-0.25, -0.2) is 0 Å². The van der Waals surface area contributed by atoms with Crippen LogP contribution in [0.5, 0.6) is 0 Å². The summed E-state index contributed by atoms with van der Waals surface area (Å²) in [6.07, 6.45) is -4.17. The standard InChI is InChI=1S/C12H25F3N2/c1-5-11(4,17(6-2)7-3)10(16)8-9-12(13,14)15/h10H,5-9,16H2,1-4H3. The van der Waals surface area contributed by atoms with Gasteiger partial charge in [0.1, 0.15) is 0 Å². The summed E-state index contributed by atoms with van der Waals surface area (Å²) in [4.78, 5) is 2.15. The van der Waals surface area contributed by atoms with Gasteiger partial charge in [-0.2, -0.15) is 13.2 Å². The highest BCUT2D eigenvalue weighted by Crippen LogP contribution is 2.29. The van der Waals surface area contributed by atoms with Gasteiger partial charge in [-0.3, -0.25) is 4.90 Å². The number of hydrogen-bond donors (Lipinski definition) is 1. The van der Waals surface area contributed by atoms with Crippen molar-refractivity contribution in [3.05, 3.63) is 0 Å². The average Bonchev–Trinajstić information content (AvgIpc) is 2.25. The Morgan fingerprint density at radius 1 is 1.12 bits per heavy atom. The molecule has 0 aromatic carbocycles. The molecule has 2 unspecified atom stereocenters. The second kappa shape index (κ2) is 6.59. The molecule has 0 rings (SSSR count). The lowest BCUT2D eigenvalue weighted by Crippen LogP contribution is -2.57. The lowest BCUT2D eigenvalue weighted by molar-refractivity contribution is -0.138. The Hall–Kier alpha value is -0.290. The van der Waals surface area contributed by atoms with E-state index in [9.17, 15) is 13.2 Å². The Labute approximate surface area is 102 Å². The Bertz CT molecular complexity index is 214. The first-order chi connectivity index (χ1) is 7.71. The molecule has 0 fully saturated rings. The molecule has 0 radical (unpaired) electrons. The van der Waals surface area contributed by atoms with Gasteiger partial charge >= 0.3 is 6.18 Å². The minimum absolute atomic E-state index is 0.00958. The van der Waals surface area contributed by atoms with Crippen LogP contribution in [0.15, 0.2) is 0 Å². The van der Waals surface area contributed by atoms with E-state index < -0.39 is 18.6 Å². The van der Waals surface area contributed by atoms with Gasteiger partial charge in [0, 0.05) is 18.0 Å². The van der Waals surface area contributed by atoms with E-state index in [0.29, 0.717) is 0 Å². The number of rotatable bonds is 7. The van der Waals surface area contributed by atoms with Crippen LogP contribution in [0.3, 0.4) is 0 Å². The highest BCUT2D eigenvalue weighted by atomic mass is 19.4. The van der Waals surface area contributed by atoms with E-state index in [-0.39, 0.29) is 12.0 Å². The second-order valence-electron chi connectivity index (χ2n) is 4.64. The fourth-order valence-electron chi connectivity index (χ4n) is 2.30. The molecule has 0 amide bonds. The van der Waals surface area contributed by atoms with E-state index in [2.05, 4.69) is 4.90 Å². The molecule has 0 aliphatic rings. The summed E-state index contributed by atoms with van der Waals surface area (Å²) in [6, 6.07) is -0.450. The molecule has 104 valence electrons. The number of nitrogens with zero attached hydrogens (tertiary/aromatic N) is 1. The van der Waals surface area contributed by atoms with Gasteiger partial charge < -0.3 is 5.73 Å². The summed E-state index contributed by atoms with van der Waals surface area (Å²) >= 11 is 0. The smallest absolute Gasteiger partial charge is 0.326 e. The first-order valence-corrected chi connectivity index (χ1v) is 6.28. The van der Waals surface area contributed by atoms with Crippen molar-refractivity contribution in [2.45, 2.75) is 64.7 Å². The van der Waals surface area contributed by atoms with E-state index in [1.54, 1.807) is 0 Å². The zero-order valence-corrected chi connectivity index (χ0v) is 11.3. The van der Waals surface area contributed by atoms with Crippen molar-refractivity contribution in [2.24, 2.45) is 5.73 Å². The molecule has 17 heavy (non-hydrogen) atoms. The van der Waals surface area contributed by atoms with Crippen molar-refractivity contribution >= 4 is 0 Å². The number of halogens is 3. The molecule has 0 aliphatic carbocycles. The SMILES string of the molecule is CCN(CC)C(C)(CC)C(N)CCC(F)(F)F. The molecular formula is C12H25F3N2. The maximum Gasteiger partial charge on any atom is 0.389 e. The van der Waals surface area contributed by atoms with Crippen molar-refractivity contribution in [1.82, 2.24) is 4.90 Å². The van der Waals surface area contributed by atoms with Crippen LogP contribution in [0.25, 0.3) is 0 Å². The van der Waals surface area contributed by atoms with Crippen LogP contribution in [0, 0.1) is 0 Å². The van der Waals surface area contributed by atoms with Gasteiger partial charge in [-0.15, -0.1) is 0 Å². The summed E-state index contributed by atoms with van der Waals surface area (Å²) in [5, 5.41) is 0. The van der Waals surface area contributed by atoms with Crippen LogP contribution < -0.4 is 5.73 Å². The quantitative estimate of drug-likeness (QED) is 0.756. The van der Waals surface area contributed by atoms with Crippen molar-refractivity contribution in [1.29, 1.82) is 0 Å². The van der Waals surface area contributed by atoms with Crippen LogP contribution in [-0.4, -0.2) is 35.7 Å². The van der Waals surface area contributed by atoms with Gasteiger partial charge in [0.05, 0.1) is 0 Å². The fraction of sp³-hybridized carbons (Fsp3) is 1.00. The Balaban J connectivity index is 4.62. The molecule has 2 atom stereocenters. The molecule has 2 nitrogen and oxygen atoms in total. The third-order valence-corrected chi connectivity index (χ3v) is 3.74. The van der Waals surface area contributed by atoms with E-state index >= 15 is 0 Å². The van der Waals surface area contributed by atoms with Crippen LogP contribution in [0.1, 0.15) is 47.0 Å². The topological polar surface area (TPSA) is 29.3 Å². The van der Waals surface area contributed by atoms with Crippen LogP contribution >= 0.6 is 0 Å². The summed E-state index contributed by atoms with van der Waals surface area (Å²) in [6.45, 7) is 9.57. The lowest BCUT2D eigenvalue weighted by atomic mass is 9.85. The largest absolute Gasteiger partial charge is 0.389 e. The summed E-state index contributed by atoms with van der Waals surface area (Å²) in [5.74, 6) is 0. The van der Waals surface area contributed by atoms with E-state index in [1.807, 2.05) is 27.7 Å². The summed E-state index contributed by atoms with van der Waals surface area (Å²) < 4.78 is 36.6. The number of nitrogens with two attached hydrogens (primary N) is 1. The lowest BCUT2D eigenvalue weighted by Gasteiger charge is -2.44. The van der Waals surface area contributed by atoms with E-state index in [1.165, 1.54) is 0 Å². The van der Waals surface area contributed by atoms with Crippen molar-refractivity contribution < 1.29 is 13.2 Å². The molecule has 0 spiro atoms. The highest BCUT2D eigenvalue weighted by Gasteiger charge is 2.37. The van der Waals surface area contributed by atoms with Gasteiger partial charge in [0.2, 0.25) is 0 Å². The highest BCUT2D eigenvalue weighted by molar-refractivity contribution is 4.94. The molecule has 0 heterocycles. The Morgan fingerprint density at radius 3 is 1.88 bits per heavy atom. The molecule has 0 aromatic rings. The predicted octanol–water partition coefficient (Wildman–Crippen LogP) is 3.17. The van der Waals surface area contributed by atoms with Gasteiger partial charge in [-0.05, 0) is 32.9 Å². The third kappa shape index (κ3) is 4.84. The number of alkyl halides is 3. The summed E-state index contributed by atoms with van der Waals surface area (Å²) in [5.41, 5.74) is 5.63. The zero-order valence-electron chi connectivity index (χ0n) is 11.3. The minimum atomic E-state index is -4.12. The van der Waals surface area contributed by atoms with Gasteiger partial charge in [-0.1, -0.05) is 20.8 Å². The second-order valence-corrected chi connectivity index (χ2v) is 4.64. The first kappa shape index (κ1) is 16.7. The monoisotopic (exact) mass is 254 g/mol. The van der Waals surface area contributed by atoms with Crippen LogP contribution in [-0.2, 0) is 0 Å². The van der Waals surface area contributed by atoms with Crippen LogP contribution in [0.2, 0.25) is 0 Å². The molecule has 0 aliphatic heterocycles. The molecule has 0 bridgehead atoms. The Morgan fingerprint density at radius 2 is 1.59 bits per heavy atom. The Kier molecular flexibility index (Phi) is 6.48. The maximum atomic E-state index is 12.2.